The van der Waals surface area contributed by atoms with E-state index in [4.69, 9.17) is 4.74 Å². The molecule has 0 unspecified atom stereocenters. The van der Waals surface area contributed by atoms with E-state index in [1.165, 1.54) is 0 Å². The van der Waals surface area contributed by atoms with Gasteiger partial charge in [0.25, 0.3) is 0 Å². The molecule has 2 rings (SSSR count). The lowest BCUT2D eigenvalue weighted by Crippen LogP contribution is -2.43. The monoisotopic (exact) mass is 206 g/mol. The smallest absolute Gasteiger partial charge is 0.209 e. The Hall–Kier alpha value is -1.58. The van der Waals surface area contributed by atoms with Gasteiger partial charge < -0.3 is 9.64 Å². The van der Waals surface area contributed by atoms with Crippen LogP contribution in [-0.2, 0) is 4.79 Å². The minimum absolute atomic E-state index is 0.380. The van der Waals surface area contributed by atoms with E-state index in [1.807, 2.05) is 19.2 Å². The fraction of sp³-hybridized carbons (Fsp3) is 0.455. The predicted molar refractivity (Wildman–Crippen MR) is 55.8 cm³/mol. The molecule has 0 spiro atoms. The predicted octanol–water partition coefficient (Wildman–Crippen LogP) is 1.04. The maximum Gasteiger partial charge on any atom is 0.209 e. The van der Waals surface area contributed by atoms with Crippen LogP contribution in [0.5, 0.6) is 5.75 Å². The zero-order valence-electron chi connectivity index (χ0n) is 8.72. The number of hydrogen-bond donors (Lipinski definition) is 0. The van der Waals surface area contributed by atoms with Crippen LogP contribution >= 0.6 is 0 Å². The standard InChI is InChI=1S/C11H14N2O2/c1-2-15-11-3-4-12-5-10(11)9-6-13(7-9)8-14/h3-5,8-9H,2,6-7H2,1H3. The highest BCUT2D eigenvalue weighted by molar-refractivity contribution is 5.51. The fourth-order valence-electron chi connectivity index (χ4n) is 1.78. The summed E-state index contributed by atoms with van der Waals surface area (Å²) in [5, 5.41) is 0. The lowest BCUT2D eigenvalue weighted by molar-refractivity contribution is -0.122. The quantitative estimate of drug-likeness (QED) is 0.691. The maximum absolute atomic E-state index is 10.5. The Morgan fingerprint density at radius 1 is 1.67 bits per heavy atom. The second-order valence-corrected chi connectivity index (χ2v) is 3.60. The van der Waals surface area contributed by atoms with Crippen LogP contribution in [0.3, 0.4) is 0 Å². The Kier molecular flexibility index (Phi) is 2.85. The van der Waals surface area contributed by atoms with Crippen LogP contribution in [0.25, 0.3) is 0 Å². The van der Waals surface area contributed by atoms with Gasteiger partial charge in [-0.25, -0.2) is 0 Å². The molecule has 1 saturated heterocycles. The summed E-state index contributed by atoms with van der Waals surface area (Å²) >= 11 is 0. The minimum Gasteiger partial charge on any atom is -0.493 e. The number of nitrogens with zero attached hydrogens (tertiary/aromatic N) is 2. The molecule has 2 heterocycles. The van der Waals surface area contributed by atoms with Gasteiger partial charge in [-0.2, -0.15) is 0 Å². The van der Waals surface area contributed by atoms with Crippen molar-refractivity contribution < 1.29 is 9.53 Å². The zero-order chi connectivity index (χ0) is 10.7. The van der Waals surface area contributed by atoms with E-state index >= 15 is 0 Å². The van der Waals surface area contributed by atoms with Gasteiger partial charge in [0.05, 0.1) is 6.61 Å². The normalized spacial score (nSPS) is 15.9. The van der Waals surface area contributed by atoms with Gasteiger partial charge in [-0.3, -0.25) is 9.78 Å². The second-order valence-electron chi connectivity index (χ2n) is 3.60. The molecular weight excluding hydrogens is 192 g/mol. The van der Waals surface area contributed by atoms with Crippen LogP contribution in [0.4, 0.5) is 0 Å². The molecule has 1 aromatic rings. The average Bonchev–Trinajstić information content (AvgIpc) is 2.19. The highest BCUT2D eigenvalue weighted by atomic mass is 16.5. The minimum atomic E-state index is 0.380. The first-order valence-electron chi connectivity index (χ1n) is 5.11. The lowest BCUT2D eigenvalue weighted by atomic mass is 9.93. The van der Waals surface area contributed by atoms with Crippen molar-refractivity contribution in [2.45, 2.75) is 12.8 Å². The van der Waals surface area contributed by atoms with Crippen molar-refractivity contribution in [3.63, 3.8) is 0 Å². The number of ether oxygens (including phenoxy) is 1. The molecule has 1 amide bonds. The lowest BCUT2D eigenvalue weighted by Gasteiger charge is -2.36. The van der Waals surface area contributed by atoms with E-state index in [0.717, 1.165) is 30.8 Å². The van der Waals surface area contributed by atoms with Crippen molar-refractivity contribution in [1.82, 2.24) is 9.88 Å². The summed E-state index contributed by atoms with van der Waals surface area (Å²) in [6.45, 7) is 4.16. The van der Waals surface area contributed by atoms with Crippen LogP contribution in [0.15, 0.2) is 18.5 Å². The van der Waals surface area contributed by atoms with E-state index in [2.05, 4.69) is 4.98 Å². The molecule has 0 N–H and O–H groups in total. The number of pyridine rings is 1. The number of amides is 1. The molecule has 15 heavy (non-hydrogen) atoms. The summed E-state index contributed by atoms with van der Waals surface area (Å²) < 4.78 is 5.52. The topological polar surface area (TPSA) is 42.4 Å². The summed E-state index contributed by atoms with van der Waals surface area (Å²) in [6.07, 6.45) is 4.44. The number of carbonyl (C=O) groups excluding carboxylic acids is 1. The summed E-state index contributed by atoms with van der Waals surface area (Å²) in [5.41, 5.74) is 1.11. The first kappa shape index (κ1) is 9.96. The van der Waals surface area contributed by atoms with Gasteiger partial charge in [0.1, 0.15) is 5.75 Å². The Morgan fingerprint density at radius 2 is 2.47 bits per heavy atom. The van der Waals surface area contributed by atoms with Crippen molar-refractivity contribution in [1.29, 1.82) is 0 Å². The Morgan fingerprint density at radius 3 is 3.13 bits per heavy atom. The van der Waals surface area contributed by atoms with Gasteiger partial charge >= 0.3 is 0 Å². The molecule has 80 valence electrons. The van der Waals surface area contributed by atoms with Crippen molar-refractivity contribution >= 4 is 6.41 Å². The van der Waals surface area contributed by atoms with Crippen LogP contribution in [0.1, 0.15) is 18.4 Å². The van der Waals surface area contributed by atoms with E-state index in [1.54, 1.807) is 11.1 Å². The van der Waals surface area contributed by atoms with Crippen LogP contribution < -0.4 is 4.74 Å². The highest BCUT2D eigenvalue weighted by Gasteiger charge is 2.29. The molecule has 0 aliphatic carbocycles. The van der Waals surface area contributed by atoms with Gasteiger partial charge in [-0.1, -0.05) is 0 Å². The average molecular weight is 206 g/mol. The van der Waals surface area contributed by atoms with Crippen LogP contribution in [0, 0.1) is 0 Å². The molecule has 1 aromatic heterocycles. The Labute approximate surface area is 88.9 Å². The summed E-state index contributed by atoms with van der Waals surface area (Å²) in [7, 11) is 0. The molecule has 1 aliphatic rings. The summed E-state index contributed by atoms with van der Waals surface area (Å²) in [6, 6.07) is 1.88. The summed E-state index contributed by atoms with van der Waals surface area (Å²) in [5.74, 6) is 1.27. The van der Waals surface area contributed by atoms with Gasteiger partial charge in [-0.05, 0) is 13.0 Å². The zero-order valence-corrected chi connectivity index (χ0v) is 8.72. The van der Waals surface area contributed by atoms with E-state index in [-0.39, 0.29) is 0 Å². The molecule has 4 nitrogen and oxygen atoms in total. The fourth-order valence-corrected chi connectivity index (χ4v) is 1.78. The maximum atomic E-state index is 10.5. The van der Waals surface area contributed by atoms with Gasteiger partial charge in [0.2, 0.25) is 6.41 Å². The van der Waals surface area contributed by atoms with Crippen LogP contribution in [-0.4, -0.2) is 36.0 Å². The number of aromatic nitrogens is 1. The Bertz CT molecular complexity index is 348. The second kappa shape index (κ2) is 4.29. The van der Waals surface area contributed by atoms with Crippen molar-refractivity contribution in [2.75, 3.05) is 19.7 Å². The molecule has 0 saturated carbocycles. The third kappa shape index (κ3) is 1.93. The molecule has 0 bridgehead atoms. The molecule has 1 fully saturated rings. The van der Waals surface area contributed by atoms with E-state index in [0.29, 0.717) is 12.5 Å². The van der Waals surface area contributed by atoms with Crippen LogP contribution in [0.2, 0.25) is 0 Å². The van der Waals surface area contributed by atoms with Gasteiger partial charge in [-0.15, -0.1) is 0 Å². The molecule has 0 aromatic carbocycles. The largest absolute Gasteiger partial charge is 0.493 e. The molecular formula is C11H14N2O2. The molecule has 4 heteroatoms. The van der Waals surface area contributed by atoms with Crippen molar-refractivity contribution in [2.24, 2.45) is 0 Å². The number of rotatable bonds is 4. The summed E-state index contributed by atoms with van der Waals surface area (Å²) in [4.78, 5) is 16.3. The van der Waals surface area contributed by atoms with Crippen molar-refractivity contribution in [3.8, 4) is 5.75 Å². The van der Waals surface area contributed by atoms with Gasteiger partial charge in [0.15, 0.2) is 0 Å². The number of carbonyl (C=O) groups is 1. The van der Waals surface area contributed by atoms with Crippen molar-refractivity contribution in [3.05, 3.63) is 24.0 Å². The van der Waals surface area contributed by atoms with Gasteiger partial charge in [0, 0.05) is 37.0 Å². The number of likely N-dealkylation sites (tertiary alicyclic amines) is 1. The molecule has 0 atom stereocenters. The molecule has 0 radical (unpaired) electrons. The van der Waals surface area contributed by atoms with E-state index in [9.17, 15) is 4.79 Å². The first-order chi connectivity index (χ1) is 7.35. The SMILES string of the molecule is CCOc1ccncc1C1CN(C=O)C1. The highest BCUT2D eigenvalue weighted by Crippen LogP contribution is 2.31. The Balaban J connectivity index is 2.10. The molecule has 1 aliphatic heterocycles. The van der Waals surface area contributed by atoms with E-state index < -0.39 is 0 Å². The first-order valence-corrected chi connectivity index (χ1v) is 5.11. The third-order valence-corrected chi connectivity index (χ3v) is 2.61. The third-order valence-electron chi connectivity index (χ3n) is 2.61. The number of hydrogen-bond acceptors (Lipinski definition) is 3.